The SMILES string of the molecule is O=C(CN1CCC[C@@H](C(=O)N2CCOCC2)C1)NCC1(c2ccccc2)CC1. The predicted octanol–water partition coefficient (Wildman–Crippen LogP) is 1.41. The molecule has 1 aliphatic carbocycles. The zero-order valence-corrected chi connectivity index (χ0v) is 16.6. The van der Waals surface area contributed by atoms with E-state index in [1.54, 1.807) is 0 Å². The molecule has 0 unspecified atom stereocenters. The number of hydrogen-bond acceptors (Lipinski definition) is 4. The van der Waals surface area contributed by atoms with E-state index in [1.165, 1.54) is 5.56 Å². The maximum Gasteiger partial charge on any atom is 0.234 e. The van der Waals surface area contributed by atoms with Crippen LogP contribution in [0.25, 0.3) is 0 Å². The molecule has 0 spiro atoms. The molecule has 1 saturated carbocycles. The molecule has 6 heteroatoms. The third kappa shape index (κ3) is 4.55. The van der Waals surface area contributed by atoms with Crippen LogP contribution in [-0.4, -0.2) is 74.1 Å². The van der Waals surface area contributed by atoms with E-state index < -0.39 is 0 Å². The summed E-state index contributed by atoms with van der Waals surface area (Å²) in [5.41, 5.74) is 1.46. The lowest BCUT2D eigenvalue weighted by Gasteiger charge is -2.36. The van der Waals surface area contributed by atoms with Gasteiger partial charge in [0.25, 0.3) is 0 Å². The zero-order chi connectivity index (χ0) is 19.4. The van der Waals surface area contributed by atoms with Gasteiger partial charge in [-0.3, -0.25) is 14.5 Å². The Morgan fingerprint density at radius 3 is 2.57 bits per heavy atom. The second-order valence-electron chi connectivity index (χ2n) is 8.44. The van der Waals surface area contributed by atoms with Crippen LogP contribution in [0.2, 0.25) is 0 Å². The Bertz CT molecular complexity index is 684. The summed E-state index contributed by atoms with van der Waals surface area (Å²) < 4.78 is 5.35. The lowest BCUT2D eigenvalue weighted by molar-refractivity contribution is -0.142. The molecule has 0 radical (unpaired) electrons. The smallest absolute Gasteiger partial charge is 0.234 e. The van der Waals surface area contributed by atoms with Crippen LogP contribution in [0.5, 0.6) is 0 Å². The largest absolute Gasteiger partial charge is 0.378 e. The molecular formula is C22H31N3O3. The van der Waals surface area contributed by atoms with Crippen molar-refractivity contribution in [3.63, 3.8) is 0 Å². The van der Waals surface area contributed by atoms with Crippen LogP contribution in [0.4, 0.5) is 0 Å². The molecule has 1 aromatic carbocycles. The number of morpholine rings is 1. The van der Waals surface area contributed by atoms with Gasteiger partial charge < -0.3 is 15.0 Å². The van der Waals surface area contributed by atoms with Gasteiger partial charge in [0.1, 0.15) is 0 Å². The van der Waals surface area contributed by atoms with Gasteiger partial charge >= 0.3 is 0 Å². The number of ether oxygens (including phenoxy) is 1. The summed E-state index contributed by atoms with van der Waals surface area (Å²) in [6.45, 7) is 5.32. The van der Waals surface area contributed by atoms with Gasteiger partial charge in [0.05, 0.1) is 25.7 Å². The van der Waals surface area contributed by atoms with E-state index in [4.69, 9.17) is 4.74 Å². The Labute approximate surface area is 167 Å². The van der Waals surface area contributed by atoms with Crippen molar-refractivity contribution in [3.8, 4) is 0 Å². The zero-order valence-electron chi connectivity index (χ0n) is 16.6. The predicted molar refractivity (Wildman–Crippen MR) is 107 cm³/mol. The molecule has 4 rings (SSSR count). The van der Waals surface area contributed by atoms with Crippen molar-refractivity contribution in [2.75, 3.05) is 52.5 Å². The van der Waals surface area contributed by atoms with Crippen molar-refractivity contribution in [1.29, 1.82) is 0 Å². The summed E-state index contributed by atoms with van der Waals surface area (Å²) in [5.74, 6) is 0.315. The second-order valence-corrected chi connectivity index (χ2v) is 8.44. The summed E-state index contributed by atoms with van der Waals surface area (Å²) in [4.78, 5) is 29.3. The van der Waals surface area contributed by atoms with Crippen molar-refractivity contribution in [2.24, 2.45) is 5.92 Å². The Kier molecular flexibility index (Phi) is 5.97. The van der Waals surface area contributed by atoms with E-state index in [-0.39, 0.29) is 23.1 Å². The molecule has 1 aromatic rings. The number of nitrogens with zero attached hydrogens (tertiary/aromatic N) is 2. The number of carbonyl (C=O) groups is 2. The Balaban J connectivity index is 1.25. The first-order valence-corrected chi connectivity index (χ1v) is 10.6. The molecular weight excluding hydrogens is 354 g/mol. The number of likely N-dealkylation sites (tertiary alicyclic amines) is 1. The van der Waals surface area contributed by atoms with E-state index >= 15 is 0 Å². The third-order valence-electron chi connectivity index (χ3n) is 6.41. The first-order valence-electron chi connectivity index (χ1n) is 10.6. The average molecular weight is 386 g/mol. The van der Waals surface area contributed by atoms with E-state index in [1.807, 2.05) is 11.0 Å². The van der Waals surface area contributed by atoms with Crippen LogP contribution in [0.3, 0.4) is 0 Å². The number of benzene rings is 1. The topological polar surface area (TPSA) is 61.9 Å². The molecule has 2 aliphatic heterocycles. The van der Waals surface area contributed by atoms with Gasteiger partial charge in [0.2, 0.25) is 11.8 Å². The summed E-state index contributed by atoms with van der Waals surface area (Å²) in [7, 11) is 0. The van der Waals surface area contributed by atoms with Crippen molar-refractivity contribution >= 4 is 11.8 Å². The molecule has 2 heterocycles. The van der Waals surface area contributed by atoms with Crippen molar-refractivity contribution in [1.82, 2.24) is 15.1 Å². The molecule has 3 aliphatic rings. The molecule has 0 aromatic heterocycles. The van der Waals surface area contributed by atoms with E-state index in [0.29, 0.717) is 45.9 Å². The molecule has 1 atom stereocenters. The maximum atomic E-state index is 12.7. The minimum Gasteiger partial charge on any atom is -0.378 e. The highest BCUT2D eigenvalue weighted by Gasteiger charge is 2.44. The third-order valence-corrected chi connectivity index (χ3v) is 6.41. The lowest BCUT2D eigenvalue weighted by Crippen LogP contribution is -2.50. The Hall–Kier alpha value is -1.92. The molecule has 28 heavy (non-hydrogen) atoms. The molecule has 2 saturated heterocycles. The Morgan fingerprint density at radius 2 is 1.86 bits per heavy atom. The fourth-order valence-electron chi connectivity index (χ4n) is 4.48. The second kappa shape index (κ2) is 8.62. The monoisotopic (exact) mass is 385 g/mol. The molecule has 0 bridgehead atoms. The van der Waals surface area contributed by atoms with Crippen molar-refractivity contribution < 1.29 is 14.3 Å². The number of piperidine rings is 1. The first kappa shape index (κ1) is 19.4. The van der Waals surface area contributed by atoms with Gasteiger partial charge in [0.15, 0.2) is 0 Å². The minimum absolute atomic E-state index is 0.0127. The number of nitrogens with one attached hydrogen (secondary N) is 1. The van der Waals surface area contributed by atoms with Crippen LogP contribution >= 0.6 is 0 Å². The van der Waals surface area contributed by atoms with Gasteiger partial charge in [-0.25, -0.2) is 0 Å². The summed E-state index contributed by atoms with van der Waals surface area (Å²) in [6.07, 6.45) is 4.17. The van der Waals surface area contributed by atoms with E-state index in [2.05, 4.69) is 34.5 Å². The number of hydrogen-bond donors (Lipinski definition) is 1. The lowest BCUT2D eigenvalue weighted by atomic mass is 9.95. The van der Waals surface area contributed by atoms with Gasteiger partial charge in [-0.05, 0) is 37.8 Å². The molecule has 6 nitrogen and oxygen atoms in total. The fraction of sp³-hybridized carbons (Fsp3) is 0.636. The summed E-state index contributed by atoms with van der Waals surface area (Å²) >= 11 is 0. The van der Waals surface area contributed by atoms with Gasteiger partial charge in [-0.1, -0.05) is 30.3 Å². The summed E-state index contributed by atoms with van der Waals surface area (Å²) in [5, 5.41) is 3.15. The number of rotatable bonds is 6. The minimum atomic E-state index is 0.0127. The highest BCUT2D eigenvalue weighted by molar-refractivity contribution is 5.80. The highest BCUT2D eigenvalue weighted by Crippen LogP contribution is 2.47. The first-order chi connectivity index (χ1) is 13.7. The number of amides is 2. The maximum absolute atomic E-state index is 12.7. The highest BCUT2D eigenvalue weighted by atomic mass is 16.5. The standard InChI is InChI=1S/C22H31N3O3/c26-20(23-17-22(8-9-22)19-6-2-1-3-7-19)16-24-10-4-5-18(15-24)21(27)25-11-13-28-14-12-25/h1-3,6-7,18H,4-5,8-17H2,(H,23,26)/t18-/m1/s1. The average Bonchev–Trinajstić information content (AvgIpc) is 3.54. The van der Waals surface area contributed by atoms with Crippen LogP contribution < -0.4 is 5.32 Å². The number of carbonyl (C=O) groups excluding carboxylic acids is 2. The fourth-order valence-corrected chi connectivity index (χ4v) is 4.48. The summed E-state index contributed by atoms with van der Waals surface area (Å²) in [6, 6.07) is 10.5. The molecule has 1 N–H and O–H groups in total. The Morgan fingerprint density at radius 1 is 1.11 bits per heavy atom. The van der Waals surface area contributed by atoms with Crippen LogP contribution in [0.15, 0.2) is 30.3 Å². The normalized spacial score (nSPS) is 24.6. The van der Waals surface area contributed by atoms with Crippen LogP contribution in [-0.2, 0) is 19.7 Å². The van der Waals surface area contributed by atoms with Gasteiger partial charge in [-0.15, -0.1) is 0 Å². The van der Waals surface area contributed by atoms with E-state index in [0.717, 1.165) is 32.2 Å². The molecule has 3 fully saturated rings. The van der Waals surface area contributed by atoms with Crippen LogP contribution in [0, 0.1) is 5.92 Å². The van der Waals surface area contributed by atoms with Crippen molar-refractivity contribution in [3.05, 3.63) is 35.9 Å². The molecule has 152 valence electrons. The van der Waals surface area contributed by atoms with E-state index in [9.17, 15) is 9.59 Å². The van der Waals surface area contributed by atoms with Crippen molar-refractivity contribution in [2.45, 2.75) is 31.1 Å². The van der Waals surface area contributed by atoms with Gasteiger partial charge in [0, 0.05) is 31.6 Å². The molecule has 2 amide bonds. The van der Waals surface area contributed by atoms with Crippen LogP contribution in [0.1, 0.15) is 31.2 Å². The quantitative estimate of drug-likeness (QED) is 0.804. The van der Waals surface area contributed by atoms with Gasteiger partial charge in [-0.2, -0.15) is 0 Å².